The molecule has 0 bridgehead atoms. The molecule has 768 valence electrons. The summed E-state index contributed by atoms with van der Waals surface area (Å²) in [7, 11) is 9.13. The number of alkyl halides is 2. The molecule has 0 aliphatic carbocycles. The molecule has 18 rings (SSSR count). The van der Waals surface area contributed by atoms with Gasteiger partial charge in [-0.15, -0.1) is 0 Å². The Kier molecular flexibility index (Phi) is 33.6. The fourth-order valence-corrected chi connectivity index (χ4v) is 18.8. The van der Waals surface area contributed by atoms with E-state index in [2.05, 4.69) is 23.9 Å². The second kappa shape index (κ2) is 45.2. The van der Waals surface area contributed by atoms with Crippen molar-refractivity contribution >= 4 is 173 Å². The number of aromatic nitrogens is 4. The van der Waals surface area contributed by atoms with Crippen molar-refractivity contribution in [1.82, 2.24) is 18.7 Å². The summed E-state index contributed by atoms with van der Waals surface area (Å²) < 4.78 is 160. The number of pyridine rings is 1. The average Bonchev–Trinajstić information content (AvgIpc) is 1.60. The highest BCUT2D eigenvalue weighted by Gasteiger charge is 2.52. The molecular weight excluding hydrogens is 2070 g/mol. The zero-order valence-corrected chi connectivity index (χ0v) is 85.0. The number of rotatable bonds is 19. The van der Waals surface area contributed by atoms with Crippen molar-refractivity contribution in [3.05, 3.63) is 387 Å². The van der Waals surface area contributed by atoms with Gasteiger partial charge in [-0.25, -0.2) is 78.1 Å². The second-order valence-corrected chi connectivity index (χ2v) is 37.5. The third kappa shape index (κ3) is 22.2. The van der Waals surface area contributed by atoms with E-state index in [1.165, 1.54) is 175 Å². The molecule has 11 aromatic carbocycles. The Morgan fingerprint density at radius 2 is 0.696 bits per heavy atom. The van der Waals surface area contributed by atoms with E-state index in [-0.39, 0.29) is 166 Å². The highest BCUT2D eigenvalue weighted by atomic mass is 35.5. The van der Waals surface area contributed by atoms with Crippen LogP contribution in [0.15, 0.2) is 222 Å². The molecule has 148 heavy (non-hydrogen) atoms. The van der Waals surface area contributed by atoms with Gasteiger partial charge in [-0.1, -0.05) is 124 Å². The van der Waals surface area contributed by atoms with E-state index in [0.717, 1.165) is 47.1 Å². The number of aryl methyl sites for hydroxylation is 1. The van der Waals surface area contributed by atoms with Crippen molar-refractivity contribution in [2.45, 2.75) is 96.1 Å². The van der Waals surface area contributed by atoms with E-state index < -0.39 is 111 Å². The minimum Gasteiger partial charge on any atom is -0.465 e. The first-order valence-corrected chi connectivity index (χ1v) is 47.0. The van der Waals surface area contributed by atoms with Gasteiger partial charge < -0.3 is 48.9 Å². The van der Waals surface area contributed by atoms with Crippen LogP contribution in [0.25, 0.3) is 21.3 Å². The number of fused-ring (bicyclic) bond motifs is 6. The summed E-state index contributed by atoms with van der Waals surface area (Å²) in [5, 5.41) is 1.07. The predicted molar refractivity (Wildman–Crippen MR) is 538 cm³/mol. The molecule has 0 saturated heterocycles. The molecule has 42 heteroatoms. The molecule has 7 heterocycles. The Labute approximate surface area is 867 Å². The number of nitrogens with two attached hydrogens (primary N) is 1. The molecule has 4 aliphatic rings. The molecule has 2 N–H and O–H groups in total. The normalized spacial score (nSPS) is 15.8. The Bertz CT molecular complexity index is 7590. The highest BCUT2D eigenvalue weighted by Crippen LogP contribution is 2.49. The molecule has 4 aliphatic heterocycles. The van der Waals surface area contributed by atoms with E-state index >= 15 is 0 Å². The molecule has 3 unspecified atom stereocenters. The van der Waals surface area contributed by atoms with E-state index in [9.17, 15) is 97.0 Å². The van der Waals surface area contributed by atoms with Crippen molar-refractivity contribution in [1.29, 1.82) is 0 Å². The molecule has 0 radical (unpaired) electrons. The summed E-state index contributed by atoms with van der Waals surface area (Å²) in [5.74, 6) is -9.47. The zero-order valence-electron chi connectivity index (χ0n) is 80.4. The number of benzene rings is 11. The molecule has 4 amide bonds. The maximum absolute atomic E-state index is 14.9. The number of carbonyl (C=O) groups excluding carboxylic acids is 10. The van der Waals surface area contributed by atoms with Gasteiger partial charge in [-0.2, -0.15) is 0 Å². The van der Waals surface area contributed by atoms with Crippen LogP contribution in [-0.4, -0.2) is 127 Å². The molecule has 3 aromatic heterocycles. The van der Waals surface area contributed by atoms with Crippen LogP contribution in [0.4, 0.5) is 62.4 Å². The minimum atomic E-state index is -2.30. The minimum absolute atomic E-state index is 0.00499. The van der Waals surface area contributed by atoms with E-state index in [1.807, 2.05) is 0 Å². The SMILES string of the molecule is COC(=O)c1ccc2c(c1)N(Cc1c(F)cccc1Cl)C(=O)C2(C)CN.COC(=O)c1ccc2c(c1)N(Cc1c(F)cccc1Cl)C(=O)C2(C)F.COC(=O)c1ccc2c(c1)N(Cc1cc(F)cc(F)c1)C(=O)C2(C)F.COC(=O)c1ccc2c(c1)n(Cc1c(F)cccc1Cl)c(=O)n2C.COC(=O)c1ccc2c(n1)N(Cc1c(F)cccc1Cl)C(=O)C2(C)C.COC(=O)c1ccc2sc(=O)n(Cc3c(F)cccc3Cl)c2c1. The number of nitrogens with zero attached hydrogens (tertiary/aromatic N) is 8. The number of hydrogen-bond donors (Lipinski definition) is 1. The number of imidazole rings is 1. The zero-order chi connectivity index (χ0) is 108. The van der Waals surface area contributed by atoms with Crippen LogP contribution < -0.4 is 35.9 Å². The number of thiazole rings is 1. The third-order valence-electron chi connectivity index (χ3n) is 24.9. The fourth-order valence-electron chi connectivity index (χ4n) is 16.8. The smallest absolute Gasteiger partial charge is 0.356 e. The van der Waals surface area contributed by atoms with Gasteiger partial charge in [0.15, 0.2) is 5.69 Å². The highest BCUT2D eigenvalue weighted by molar-refractivity contribution is 7.16. The second-order valence-electron chi connectivity index (χ2n) is 34.5. The van der Waals surface area contributed by atoms with Crippen molar-refractivity contribution < 1.29 is 116 Å². The molecule has 0 spiro atoms. The van der Waals surface area contributed by atoms with E-state index in [4.69, 9.17) is 73.2 Å². The van der Waals surface area contributed by atoms with Gasteiger partial charge >= 0.3 is 46.4 Å². The summed E-state index contributed by atoms with van der Waals surface area (Å²) in [6, 6.07) is 50.2. The number of methoxy groups -OCH3 is 6. The maximum Gasteiger partial charge on any atom is 0.356 e. The third-order valence-corrected chi connectivity index (χ3v) is 27.7. The molecular formula is C106H87Cl5F9N9O18S. The van der Waals surface area contributed by atoms with E-state index in [0.29, 0.717) is 66.6 Å². The van der Waals surface area contributed by atoms with Gasteiger partial charge in [0.2, 0.25) is 23.2 Å². The van der Waals surface area contributed by atoms with Gasteiger partial charge in [0.25, 0.3) is 11.8 Å². The number of carbonyl (C=O) groups is 10. The standard InChI is InChI=1S/C19H18ClFN2O3.C18H14ClF2NO3.C18H16ClFN2O3.C18H14F3NO3.C17H14ClFN2O3.C16H11ClFNO3S/c1-19(10-22)13-7-6-11(17(24)26-2)8-16(13)23(18(19)25)9-12-14(20)4-3-5-15(12)21;1-18(21)12-7-6-10(16(23)25-2)8-15(12)22(17(18)24)9-11-13(19)4-3-5-14(11)20;1-18(2)11-7-8-14(16(23)25-3)21-15(11)22(17(18)24)9-10-12(19)5-4-6-13(10)20;1-18(21)14-4-3-11(16(23)25-2)7-15(14)22(17(18)24)9-10-5-12(19)8-13(20)6-10;1-20-14-7-6-10(16(22)24-2)8-15(14)21(17(20)23)9-11-12(18)4-3-5-13(11)19;1-22-15(20)9-5-6-14-13(7-9)19(16(21)23-14)8-10-11(17)3-2-4-12(10)18/h3-8H,9-10,22H2,1-2H3;3-8H,9H2,1-2H3;4-8H,9H2,1-3H3;3-8H,9H2,1-2H3;3-8H,9H2,1-2H3;2-7H,8H2,1H3. The summed E-state index contributed by atoms with van der Waals surface area (Å²) >= 11 is 31.3. The summed E-state index contributed by atoms with van der Waals surface area (Å²) in [5.41, 5.74) is 5.68. The monoisotopic (exact) mass is 2150 g/mol. The Balaban J connectivity index is 0.000000148. The number of halogens is 14. The molecule has 3 atom stereocenters. The van der Waals surface area contributed by atoms with Crippen LogP contribution in [0.1, 0.15) is 153 Å². The first-order valence-electron chi connectivity index (χ1n) is 44.3. The lowest BCUT2D eigenvalue weighted by atomic mass is 9.83. The topological polar surface area (TPSA) is 327 Å². The lowest BCUT2D eigenvalue weighted by molar-refractivity contribution is -0.128. The Morgan fingerprint density at radius 1 is 0.358 bits per heavy atom. The number of anilines is 4. The van der Waals surface area contributed by atoms with Gasteiger partial charge in [0.05, 0.1) is 153 Å². The van der Waals surface area contributed by atoms with Gasteiger partial charge in [-0.3, -0.25) is 42.6 Å². The molecule has 27 nitrogen and oxygen atoms in total. The molecule has 14 aromatic rings. The predicted octanol–water partition coefficient (Wildman–Crippen LogP) is 20.7. The van der Waals surface area contributed by atoms with Crippen LogP contribution >= 0.6 is 69.3 Å². The van der Waals surface area contributed by atoms with E-state index in [1.54, 1.807) is 113 Å². The fraction of sp³-hybridized carbons (Fsp3) is 0.217. The lowest BCUT2D eigenvalue weighted by Gasteiger charge is -2.23. The lowest BCUT2D eigenvalue weighted by Crippen LogP contribution is -2.43. The van der Waals surface area contributed by atoms with Crippen LogP contribution in [0, 0.1) is 40.7 Å². The maximum atomic E-state index is 14.9. The largest absolute Gasteiger partial charge is 0.465 e. The summed E-state index contributed by atoms with van der Waals surface area (Å²) in [4.78, 5) is 155. The molecule has 0 saturated carbocycles. The Morgan fingerprint density at radius 3 is 1.09 bits per heavy atom. The quantitative estimate of drug-likeness (QED) is 0.0446. The number of hydrogen-bond acceptors (Lipinski definition) is 21. The number of esters is 6. The van der Waals surface area contributed by atoms with Crippen LogP contribution in [0.2, 0.25) is 25.1 Å². The summed E-state index contributed by atoms with van der Waals surface area (Å²) in [6.45, 7) is 6.93. The average molecular weight is 2160 g/mol. The van der Waals surface area contributed by atoms with Crippen molar-refractivity contribution in [3.8, 4) is 0 Å². The first-order chi connectivity index (χ1) is 70.0. The van der Waals surface area contributed by atoms with Gasteiger partial charge in [-0.05, 0) is 197 Å². The van der Waals surface area contributed by atoms with Crippen LogP contribution in [0.5, 0.6) is 0 Å². The van der Waals surface area contributed by atoms with Gasteiger partial charge in [0.1, 0.15) is 46.5 Å². The first kappa shape index (κ1) is 110. The summed E-state index contributed by atoms with van der Waals surface area (Å²) in [6.07, 6.45) is 0. The number of amides is 4. The Hall–Kier alpha value is -15.0. The van der Waals surface area contributed by atoms with Crippen molar-refractivity contribution in [3.63, 3.8) is 0 Å². The molecule has 0 fully saturated rings. The van der Waals surface area contributed by atoms with Crippen LogP contribution in [0.3, 0.4) is 0 Å². The van der Waals surface area contributed by atoms with Crippen molar-refractivity contribution in [2.24, 2.45) is 12.8 Å². The number of ether oxygens (including phenoxy) is 6. The van der Waals surface area contributed by atoms with Crippen molar-refractivity contribution in [2.75, 3.05) is 68.8 Å². The van der Waals surface area contributed by atoms with Gasteiger partial charge in [0, 0.05) is 95.0 Å². The van der Waals surface area contributed by atoms with Crippen LogP contribution in [-0.2, 0) is 116 Å².